The number of carbonyl (C=O) groups is 2. The number of hydrogen-bond acceptors (Lipinski definition) is 3. The Morgan fingerprint density at radius 3 is 2.69 bits per heavy atom. The molecule has 16 heavy (non-hydrogen) atoms. The molecule has 86 valence electrons. The number of rotatable bonds is 3. The zero-order valence-electron chi connectivity index (χ0n) is 8.22. The number of benzene rings is 1. The molecule has 0 aliphatic rings. The fourth-order valence-electron chi connectivity index (χ4n) is 1.01. The van der Waals surface area contributed by atoms with E-state index in [9.17, 15) is 14.0 Å². The number of Topliss-reactive ketones (excluding diaryl/α,β-unsaturated/α-hetero) is 1. The summed E-state index contributed by atoms with van der Waals surface area (Å²) in [5.74, 6) is -2.79. The van der Waals surface area contributed by atoms with Gasteiger partial charge in [-0.3, -0.25) is 4.79 Å². The van der Waals surface area contributed by atoms with Crippen LogP contribution in [0.15, 0.2) is 16.6 Å². The molecule has 1 aromatic carbocycles. The molecule has 0 aromatic heterocycles. The van der Waals surface area contributed by atoms with Crippen molar-refractivity contribution in [1.82, 2.24) is 0 Å². The second-order valence-electron chi connectivity index (χ2n) is 2.77. The standard InChI is InChI=1S/C10H7BrClFO3/c1-2-16-10(15)9(14)5-3-4-6(11)8(13)7(5)12/h3-4H,2H2,1H3. The lowest BCUT2D eigenvalue weighted by Gasteiger charge is -2.04. The van der Waals surface area contributed by atoms with Crippen LogP contribution in [0.25, 0.3) is 0 Å². The van der Waals surface area contributed by atoms with Gasteiger partial charge in [-0.25, -0.2) is 9.18 Å². The molecule has 0 saturated carbocycles. The molecule has 0 N–H and O–H groups in total. The Balaban J connectivity index is 3.10. The van der Waals surface area contributed by atoms with Crippen LogP contribution in [0.1, 0.15) is 17.3 Å². The van der Waals surface area contributed by atoms with Crippen molar-refractivity contribution < 1.29 is 18.7 Å². The van der Waals surface area contributed by atoms with Gasteiger partial charge >= 0.3 is 5.97 Å². The van der Waals surface area contributed by atoms with Crippen LogP contribution in [-0.4, -0.2) is 18.4 Å². The third kappa shape index (κ3) is 2.59. The Bertz CT molecular complexity index is 448. The number of carbonyl (C=O) groups excluding carboxylic acids is 2. The van der Waals surface area contributed by atoms with E-state index in [1.807, 2.05) is 0 Å². The monoisotopic (exact) mass is 308 g/mol. The van der Waals surface area contributed by atoms with Gasteiger partial charge in [-0.1, -0.05) is 11.6 Å². The summed E-state index contributed by atoms with van der Waals surface area (Å²) in [5, 5.41) is -0.396. The van der Waals surface area contributed by atoms with Crippen molar-refractivity contribution in [2.45, 2.75) is 6.92 Å². The van der Waals surface area contributed by atoms with Gasteiger partial charge < -0.3 is 4.74 Å². The molecular formula is C10H7BrClFO3. The predicted octanol–water partition coefficient (Wildman–Crippen LogP) is 2.99. The maximum absolute atomic E-state index is 13.3. The van der Waals surface area contributed by atoms with Crippen molar-refractivity contribution in [1.29, 1.82) is 0 Å². The van der Waals surface area contributed by atoms with E-state index in [4.69, 9.17) is 11.6 Å². The Labute approximate surface area is 105 Å². The summed E-state index contributed by atoms with van der Waals surface area (Å²) in [4.78, 5) is 22.6. The zero-order chi connectivity index (χ0) is 12.3. The van der Waals surface area contributed by atoms with Gasteiger partial charge in [0, 0.05) is 0 Å². The highest BCUT2D eigenvalue weighted by molar-refractivity contribution is 9.10. The van der Waals surface area contributed by atoms with E-state index < -0.39 is 22.6 Å². The van der Waals surface area contributed by atoms with Crippen molar-refractivity contribution in [2.24, 2.45) is 0 Å². The Morgan fingerprint density at radius 2 is 2.12 bits per heavy atom. The smallest absolute Gasteiger partial charge is 0.379 e. The maximum atomic E-state index is 13.3. The third-order valence-electron chi connectivity index (χ3n) is 1.74. The van der Waals surface area contributed by atoms with Crippen molar-refractivity contribution in [2.75, 3.05) is 6.61 Å². The normalized spacial score (nSPS) is 10.0. The average Bonchev–Trinajstić information content (AvgIpc) is 2.26. The lowest BCUT2D eigenvalue weighted by molar-refractivity contribution is -0.137. The predicted molar refractivity (Wildman–Crippen MR) is 60.1 cm³/mol. The summed E-state index contributed by atoms with van der Waals surface area (Å²) >= 11 is 8.51. The van der Waals surface area contributed by atoms with E-state index in [2.05, 4.69) is 20.7 Å². The van der Waals surface area contributed by atoms with E-state index >= 15 is 0 Å². The molecular weight excluding hydrogens is 302 g/mol. The second kappa shape index (κ2) is 5.41. The molecule has 0 spiro atoms. The Morgan fingerprint density at radius 1 is 1.50 bits per heavy atom. The minimum Gasteiger partial charge on any atom is -0.460 e. The van der Waals surface area contributed by atoms with Gasteiger partial charge in [0.05, 0.1) is 21.7 Å². The summed E-state index contributed by atoms with van der Waals surface area (Å²) in [5.41, 5.74) is -0.208. The van der Waals surface area contributed by atoms with Crippen LogP contribution in [0.4, 0.5) is 4.39 Å². The van der Waals surface area contributed by atoms with Gasteiger partial charge in [0.2, 0.25) is 0 Å². The molecule has 0 radical (unpaired) electrons. The number of esters is 1. The first-order valence-electron chi connectivity index (χ1n) is 4.34. The molecule has 0 saturated heterocycles. The van der Waals surface area contributed by atoms with Gasteiger partial charge in [0.15, 0.2) is 5.82 Å². The summed E-state index contributed by atoms with van der Waals surface area (Å²) < 4.78 is 17.9. The summed E-state index contributed by atoms with van der Waals surface area (Å²) in [7, 11) is 0. The first-order valence-corrected chi connectivity index (χ1v) is 5.51. The molecule has 0 unspecified atom stereocenters. The average molecular weight is 310 g/mol. The first kappa shape index (κ1) is 13.1. The highest BCUT2D eigenvalue weighted by atomic mass is 79.9. The molecule has 0 amide bonds. The first-order chi connectivity index (χ1) is 7.49. The second-order valence-corrected chi connectivity index (χ2v) is 4.00. The quantitative estimate of drug-likeness (QED) is 0.373. The molecule has 1 rings (SSSR count). The molecule has 0 atom stereocenters. The SMILES string of the molecule is CCOC(=O)C(=O)c1ccc(Br)c(F)c1Cl. The molecule has 0 aliphatic heterocycles. The van der Waals surface area contributed by atoms with Crippen molar-refractivity contribution in [3.63, 3.8) is 0 Å². The Kier molecular flexibility index (Phi) is 4.44. The molecule has 0 bridgehead atoms. The van der Waals surface area contributed by atoms with E-state index in [0.29, 0.717) is 0 Å². The molecule has 3 nitrogen and oxygen atoms in total. The van der Waals surface area contributed by atoms with E-state index in [1.54, 1.807) is 6.92 Å². The Hall–Kier alpha value is -0.940. The van der Waals surface area contributed by atoms with Gasteiger partial charge in [-0.15, -0.1) is 0 Å². The molecule has 0 heterocycles. The highest BCUT2D eigenvalue weighted by Gasteiger charge is 2.22. The molecule has 6 heteroatoms. The largest absolute Gasteiger partial charge is 0.460 e. The number of hydrogen-bond donors (Lipinski definition) is 0. The highest BCUT2D eigenvalue weighted by Crippen LogP contribution is 2.27. The van der Waals surface area contributed by atoms with E-state index in [0.717, 1.165) is 0 Å². The number of ether oxygens (including phenoxy) is 1. The van der Waals surface area contributed by atoms with Crippen LogP contribution in [0.3, 0.4) is 0 Å². The fraction of sp³-hybridized carbons (Fsp3) is 0.200. The van der Waals surface area contributed by atoms with Crippen molar-refractivity contribution in [3.8, 4) is 0 Å². The van der Waals surface area contributed by atoms with Crippen molar-refractivity contribution >= 4 is 39.3 Å². The molecule has 0 fully saturated rings. The van der Waals surface area contributed by atoms with Crippen LogP contribution < -0.4 is 0 Å². The summed E-state index contributed by atoms with van der Waals surface area (Å²) in [6.45, 7) is 1.64. The van der Waals surface area contributed by atoms with Gasteiger partial charge in [0.25, 0.3) is 5.78 Å². The zero-order valence-corrected chi connectivity index (χ0v) is 10.6. The van der Waals surface area contributed by atoms with Crippen LogP contribution in [-0.2, 0) is 9.53 Å². The topological polar surface area (TPSA) is 43.4 Å². The van der Waals surface area contributed by atoms with Crippen LogP contribution in [0.5, 0.6) is 0 Å². The minimum atomic E-state index is -1.05. The van der Waals surface area contributed by atoms with Crippen LogP contribution in [0, 0.1) is 5.82 Å². The van der Waals surface area contributed by atoms with Crippen LogP contribution in [0.2, 0.25) is 5.02 Å². The van der Waals surface area contributed by atoms with E-state index in [-0.39, 0.29) is 16.6 Å². The number of halogens is 3. The molecule has 0 aliphatic carbocycles. The minimum absolute atomic E-state index is 0.0706. The van der Waals surface area contributed by atoms with Gasteiger partial charge in [-0.05, 0) is 35.0 Å². The third-order valence-corrected chi connectivity index (χ3v) is 2.72. The maximum Gasteiger partial charge on any atom is 0.379 e. The van der Waals surface area contributed by atoms with Gasteiger partial charge in [-0.2, -0.15) is 0 Å². The summed E-state index contributed by atoms with van der Waals surface area (Å²) in [6.07, 6.45) is 0. The number of ketones is 1. The van der Waals surface area contributed by atoms with E-state index in [1.165, 1.54) is 12.1 Å². The van der Waals surface area contributed by atoms with Crippen LogP contribution >= 0.6 is 27.5 Å². The fourth-order valence-corrected chi connectivity index (χ4v) is 1.70. The van der Waals surface area contributed by atoms with Crippen molar-refractivity contribution in [3.05, 3.63) is 33.0 Å². The lowest BCUT2D eigenvalue weighted by Crippen LogP contribution is -2.18. The lowest BCUT2D eigenvalue weighted by atomic mass is 10.1. The molecule has 1 aromatic rings. The summed E-state index contributed by atoms with van der Waals surface area (Å²) in [6, 6.07) is 2.56. The van der Waals surface area contributed by atoms with Gasteiger partial charge in [0.1, 0.15) is 0 Å².